The molecule has 5 heteroatoms. The summed E-state index contributed by atoms with van der Waals surface area (Å²) in [7, 11) is 1.89. The van der Waals surface area contributed by atoms with Crippen LogP contribution in [-0.4, -0.2) is 74.8 Å². The average Bonchev–Trinajstić information content (AvgIpc) is 2.85. The minimum Gasteiger partial charge on any atom is -0.378 e. The Bertz CT molecular complexity index is 332. The monoisotopic (exact) mass is 324 g/mol. The van der Waals surface area contributed by atoms with E-state index in [1.807, 2.05) is 7.05 Å². The van der Waals surface area contributed by atoms with Crippen molar-refractivity contribution in [1.82, 2.24) is 15.1 Å². The Labute approximate surface area is 142 Å². The molecule has 2 aliphatic heterocycles. The normalized spacial score (nSPS) is 22.2. The van der Waals surface area contributed by atoms with Crippen molar-refractivity contribution in [2.24, 2.45) is 4.99 Å². The maximum atomic E-state index is 5.73. The van der Waals surface area contributed by atoms with Gasteiger partial charge < -0.3 is 19.9 Å². The van der Waals surface area contributed by atoms with Gasteiger partial charge in [-0.25, -0.2) is 0 Å². The topological polar surface area (TPSA) is 40.1 Å². The first-order chi connectivity index (χ1) is 11.3. The van der Waals surface area contributed by atoms with Crippen LogP contribution in [0, 0.1) is 0 Å². The Hall–Kier alpha value is -0.810. The van der Waals surface area contributed by atoms with Crippen molar-refractivity contribution in [3.05, 3.63) is 0 Å². The van der Waals surface area contributed by atoms with Crippen LogP contribution in [0.2, 0.25) is 0 Å². The third kappa shape index (κ3) is 6.68. The zero-order valence-electron chi connectivity index (χ0n) is 15.2. The summed E-state index contributed by atoms with van der Waals surface area (Å²) in [5, 5.41) is 3.55. The SMILES string of the molecule is CCOC1CCN(C(=NC)NCCCN2CCCCCC2)CC1. The molecule has 0 spiro atoms. The molecule has 2 rings (SSSR count). The van der Waals surface area contributed by atoms with Gasteiger partial charge in [0.2, 0.25) is 0 Å². The van der Waals surface area contributed by atoms with Gasteiger partial charge in [-0.3, -0.25) is 4.99 Å². The first-order valence-electron chi connectivity index (χ1n) is 9.63. The molecule has 0 aliphatic carbocycles. The van der Waals surface area contributed by atoms with Crippen molar-refractivity contribution < 1.29 is 4.74 Å². The minimum atomic E-state index is 0.442. The van der Waals surface area contributed by atoms with Gasteiger partial charge in [-0.1, -0.05) is 12.8 Å². The van der Waals surface area contributed by atoms with Crippen LogP contribution in [0.1, 0.15) is 51.9 Å². The Kier molecular flexibility index (Phi) is 8.76. The number of hydrogen-bond acceptors (Lipinski definition) is 3. The lowest BCUT2D eigenvalue weighted by Crippen LogP contribution is -2.47. The maximum absolute atomic E-state index is 5.73. The van der Waals surface area contributed by atoms with Crippen LogP contribution < -0.4 is 5.32 Å². The highest BCUT2D eigenvalue weighted by atomic mass is 16.5. The fourth-order valence-electron chi connectivity index (χ4n) is 3.66. The predicted molar refractivity (Wildman–Crippen MR) is 97.1 cm³/mol. The van der Waals surface area contributed by atoms with Gasteiger partial charge >= 0.3 is 0 Å². The maximum Gasteiger partial charge on any atom is 0.193 e. The molecule has 0 saturated carbocycles. The molecule has 2 heterocycles. The average molecular weight is 325 g/mol. The van der Waals surface area contributed by atoms with Crippen LogP contribution in [0.25, 0.3) is 0 Å². The number of nitrogens with zero attached hydrogens (tertiary/aromatic N) is 3. The lowest BCUT2D eigenvalue weighted by molar-refractivity contribution is 0.0264. The van der Waals surface area contributed by atoms with E-state index in [-0.39, 0.29) is 0 Å². The van der Waals surface area contributed by atoms with Crippen LogP contribution in [0.4, 0.5) is 0 Å². The molecular formula is C18H36N4O. The van der Waals surface area contributed by atoms with Crippen molar-refractivity contribution in [3.8, 4) is 0 Å². The molecule has 0 aromatic carbocycles. The molecule has 0 aromatic heterocycles. The Balaban J connectivity index is 1.61. The molecule has 0 unspecified atom stereocenters. The molecule has 2 saturated heterocycles. The molecule has 0 atom stereocenters. The lowest BCUT2D eigenvalue weighted by atomic mass is 10.1. The smallest absolute Gasteiger partial charge is 0.193 e. The molecule has 0 amide bonds. The predicted octanol–water partition coefficient (Wildman–Crippen LogP) is 2.33. The second-order valence-electron chi connectivity index (χ2n) is 6.73. The van der Waals surface area contributed by atoms with Gasteiger partial charge in [0.15, 0.2) is 5.96 Å². The van der Waals surface area contributed by atoms with Gasteiger partial charge in [0.25, 0.3) is 0 Å². The largest absolute Gasteiger partial charge is 0.378 e. The summed E-state index contributed by atoms with van der Waals surface area (Å²) in [4.78, 5) is 9.47. The quantitative estimate of drug-likeness (QED) is 0.462. The fourth-order valence-corrected chi connectivity index (χ4v) is 3.66. The van der Waals surface area contributed by atoms with Crippen LogP contribution in [0.5, 0.6) is 0 Å². The van der Waals surface area contributed by atoms with Gasteiger partial charge in [-0.15, -0.1) is 0 Å². The number of rotatable bonds is 6. The molecule has 2 fully saturated rings. The van der Waals surface area contributed by atoms with E-state index in [0.29, 0.717) is 6.10 Å². The van der Waals surface area contributed by atoms with Gasteiger partial charge in [0.05, 0.1) is 6.10 Å². The zero-order valence-corrected chi connectivity index (χ0v) is 15.2. The fraction of sp³-hybridized carbons (Fsp3) is 0.944. The van der Waals surface area contributed by atoms with Crippen molar-refractivity contribution in [2.45, 2.75) is 58.0 Å². The summed E-state index contributed by atoms with van der Waals surface area (Å²) in [6.45, 7) is 9.84. The number of piperidine rings is 1. The molecule has 5 nitrogen and oxygen atoms in total. The van der Waals surface area contributed by atoms with Crippen LogP contribution in [-0.2, 0) is 4.74 Å². The first kappa shape index (κ1) is 18.5. The van der Waals surface area contributed by atoms with Gasteiger partial charge in [-0.05, 0) is 58.7 Å². The highest BCUT2D eigenvalue weighted by Crippen LogP contribution is 2.13. The number of guanidine groups is 1. The van der Waals surface area contributed by atoms with Crippen LogP contribution in [0.3, 0.4) is 0 Å². The van der Waals surface area contributed by atoms with E-state index in [4.69, 9.17) is 4.74 Å². The Morgan fingerprint density at radius 1 is 1.09 bits per heavy atom. The molecule has 23 heavy (non-hydrogen) atoms. The molecule has 0 aromatic rings. The van der Waals surface area contributed by atoms with E-state index < -0.39 is 0 Å². The summed E-state index contributed by atoms with van der Waals surface area (Å²) >= 11 is 0. The number of likely N-dealkylation sites (tertiary alicyclic amines) is 2. The Morgan fingerprint density at radius 2 is 1.78 bits per heavy atom. The van der Waals surface area contributed by atoms with E-state index in [1.54, 1.807) is 0 Å². The summed E-state index contributed by atoms with van der Waals surface area (Å²) in [6.07, 6.45) is 9.46. The molecule has 2 aliphatic rings. The van der Waals surface area contributed by atoms with E-state index >= 15 is 0 Å². The van der Waals surface area contributed by atoms with Gasteiger partial charge in [0.1, 0.15) is 0 Å². The molecule has 0 radical (unpaired) electrons. The van der Waals surface area contributed by atoms with Gasteiger partial charge in [0, 0.05) is 33.3 Å². The lowest BCUT2D eigenvalue weighted by Gasteiger charge is -2.34. The van der Waals surface area contributed by atoms with E-state index in [2.05, 4.69) is 27.0 Å². The third-order valence-electron chi connectivity index (χ3n) is 4.99. The zero-order chi connectivity index (χ0) is 16.3. The van der Waals surface area contributed by atoms with Crippen molar-refractivity contribution >= 4 is 5.96 Å². The van der Waals surface area contributed by atoms with Crippen molar-refractivity contribution in [2.75, 3.05) is 52.9 Å². The number of aliphatic imine (C=N–C) groups is 1. The summed E-state index contributed by atoms with van der Waals surface area (Å²) in [5.74, 6) is 1.07. The number of ether oxygens (including phenoxy) is 1. The van der Waals surface area contributed by atoms with E-state index in [9.17, 15) is 0 Å². The van der Waals surface area contributed by atoms with Crippen LogP contribution >= 0.6 is 0 Å². The summed E-state index contributed by atoms with van der Waals surface area (Å²) < 4.78 is 5.73. The molecule has 134 valence electrons. The number of nitrogens with one attached hydrogen (secondary N) is 1. The molecule has 0 bridgehead atoms. The van der Waals surface area contributed by atoms with Crippen molar-refractivity contribution in [1.29, 1.82) is 0 Å². The highest BCUT2D eigenvalue weighted by molar-refractivity contribution is 5.79. The van der Waals surface area contributed by atoms with E-state index in [0.717, 1.165) is 45.0 Å². The second-order valence-corrected chi connectivity index (χ2v) is 6.73. The molecular weight excluding hydrogens is 288 g/mol. The van der Waals surface area contributed by atoms with Gasteiger partial charge in [-0.2, -0.15) is 0 Å². The summed E-state index contributed by atoms with van der Waals surface area (Å²) in [5.41, 5.74) is 0. The van der Waals surface area contributed by atoms with E-state index in [1.165, 1.54) is 51.7 Å². The van der Waals surface area contributed by atoms with Crippen LogP contribution in [0.15, 0.2) is 4.99 Å². The Morgan fingerprint density at radius 3 is 2.39 bits per heavy atom. The highest BCUT2D eigenvalue weighted by Gasteiger charge is 2.21. The summed E-state index contributed by atoms with van der Waals surface area (Å²) in [6, 6.07) is 0. The van der Waals surface area contributed by atoms with Crippen molar-refractivity contribution in [3.63, 3.8) is 0 Å². The number of hydrogen-bond donors (Lipinski definition) is 1. The third-order valence-corrected chi connectivity index (χ3v) is 4.99. The standard InChI is InChI=1S/C18H36N4O/c1-3-23-17-9-15-22(16-10-17)18(19-2)20-11-8-14-21-12-6-4-5-7-13-21/h17H,3-16H2,1-2H3,(H,19,20). The minimum absolute atomic E-state index is 0.442. The first-order valence-corrected chi connectivity index (χ1v) is 9.63. The second kappa shape index (κ2) is 10.9. The molecule has 1 N–H and O–H groups in total.